The van der Waals surface area contributed by atoms with Crippen LogP contribution in [0.1, 0.15) is 39.1 Å². The first-order valence-electron chi connectivity index (χ1n) is 9.16. The second-order valence-corrected chi connectivity index (χ2v) is 8.85. The average molecular weight is 428 g/mol. The van der Waals surface area contributed by atoms with Crippen LogP contribution in [0.2, 0.25) is 0 Å². The van der Waals surface area contributed by atoms with E-state index in [1.807, 2.05) is 38.1 Å². The SMILES string of the molecule is CSCC[C@H](NC(=O)c1c(-n2cnnn2)sc(C)c1C)c1nc2ccccc2[nH]1. The van der Waals surface area contributed by atoms with Crippen LogP contribution < -0.4 is 5.32 Å². The van der Waals surface area contributed by atoms with Crippen LogP contribution in [0.15, 0.2) is 30.6 Å². The Kier molecular flexibility index (Phi) is 5.63. The minimum atomic E-state index is -0.219. The number of imidazole rings is 1. The molecule has 0 fully saturated rings. The van der Waals surface area contributed by atoms with E-state index in [1.165, 1.54) is 22.3 Å². The van der Waals surface area contributed by atoms with E-state index in [2.05, 4.69) is 32.1 Å². The van der Waals surface area contributed by atoms with Gasteiger partial charge in [0.05, 0.1) is 22.6 Å². The average Bonchev–Trinajstić information content (AvgIpc) is 3.44. The highest BCUT2D eigenvalue weighted by Gasteiger charge is 2.25. The summed E-state index contributed by atoms with van der Waals surface area (Å²) in [5.74, 6) is 1.52. The smallest absolute Gasteiger partial charge is 0.255 e. The van der Waals surface area contributed by atoms with E-state index in [9.17, 15) is 4.79 Å². The molecule has 150 valence electrons. The second kappa shape index (κ2) is 8.34. The maximum atomic E-state index is 13.3. The van der Waals surface area contributed by atoms with Gasteiger partial charge >= 0.3 is 0 Å². The van der Waals surface area contributed by atoms with Gasteiger partial charge in [-0.25, -0.2) is 4.98 Å². The number of aryl methyl sites for hydroxylation is 1. The Labute approximate surface area is 176 Å². The first-order valence-corrected chi connectivity index (χ1v) is 11.4. The second-order valence-electron chi connectivity index (χ2n) is 6.66. The quantitative estimate of drug-likeness (QED) is 0.468. The third-order valence-corrected chi connectivity index (χ3v) is 6.65. The summed E-state index contributed by atoms with van der Waals surface area (Å²) in [6.07, 6.45) is 4.33. The molecule has 4 rings (SSSR count). The van der Waals surface area contributed by atoms with Gasteiger partial charge in [0.2, 0.25) is 0 Å². The topological polar surface area (TPSA) is 101 Å². The Morgan fingerprint density at radius 2 is 2.17 bits per heavy atom. The highest BCUT2D eigenvalue weighted by molar-refractivity contribution is 7.98. The maximum absolute atomic E-state index is 13.3. The number of rotatable bonds is 7. The molecular formula is C19H21N7OS2. The minimum absolute atomic E-state index is 0.149. The van der Waals surface area contributed by atoms with E-state index in [0.717, 1.165) is 44.5 Å². The molecule has 4 aromatic rings. The fourth-order valence-electron chi connectivity index (χ4n) is 3.17. The molecular weight excluding hydrogens is 406 g/mol. The van der Waals surface area contributed by atoms with Gasteiger partial charge in [0, 0.05) is 4.88 Å². The zero-order valence-corrected chi connectivity index (χ0v) is 18.0. The fraction of sp³-hybridized carbons (Fsp3) is 0.316. The van der Waals surface area contributed by atoms with E-state index >= 15 is 0 Å². The number of carbonyl (C=O) groups is 1. The molecule has 0 saturated heterocycles. The molecule has 1 amide bonds. The molecule has 29 heavy (non-hydrogen) atoms. The molecule has 3 heterocycles. The molecule has 2 N–H and O–H groups in total. The molecule has 0 aliphatic heterocycles. The number of amides is 1. The zero-order valence-electron chi connectivity index (χ0n) is 16.3. The van der Waals surface area contributed by atoms with Crippen LogP contribution in [0.4, 0.5) is 0 Å². The third-order valence-electron chi connectivity index (χ3n) is 4.80. The van der Waals surface area contributed by atoms with Gasteiger partial charge in [-0.05, 0) is 60.4 Å². The highest BCUT2D eigenvalue weighted by Crippen LogP contribution is 2.31. The summed E-state index contributed by atoms with van der Waals surface area (Å²) in [7, 11) is 0. The largest absolute Gasteiger partial charge is 0.342 e. The first kappa shape index (κ1) is 19.6. The number of aromatic amines is 1. The van der Waals surface area contributed by atoms with E-state index in [0.29, 0.717) is 5.56 Å². The Morgan fingerprint density at radius 3 is 2.90 bits per heavy atom. The van der Waals surface area contributed by atoms with Gasteiger partial charge in [0.15, 0.2) is 0 Å². The number of thiophene rings is 1. The normalized spacial score (nSPS) is 12.4. The highest BCUT2D eigenvalue weighted by atomic mass is 32.2. The molecule has 0 aliphatic rings. The Morgan fingerprint density at radius 1 is 1.34 bits per heavy atom. The summed E-state index contributed by atoms with van der Waals surface area (Å²) >= 11 is 3.24. The summed E-state index contributed by atoms with van der Waals surface area (Å²) in [6, 6.07) is 7.66. The number of para-hydroxylation sites is 2. The Balaban J connectivity index is 1.67. The van der Waals surface area contributed by atoms with Gasteiger partial charge in [0.1, 0.15) is 17.2 Å². The lowest BCUT2D eigenvalue weighted by atomic mass is 10.1. The fourth-order valence-corrected chi connectivity index (χ4v) is 4.71. The number of aromatic nitrogens is 6. The minimum Gasteiger partial charge on any atom is -0.342 e. The number of H-pyrrole nitrogens is 1. The van der Waals surface area contributed by atoms with Gasteiger partial charge in [0.25, 0.3) is 5.91 Å². The molecule has 1 aromatic carbocycles. The summed E-state index contributed by atoms with van der Waals surface area (Å²) in [4.78, 5) is 22.4. The van der Waals surface area contributed by atoms with E-state index in [-0.39, 0.29) is 11.9 Å². The van der Waals surface area contributed by atoms with Gasteiger partial charge in [-0.3, -0.25) is 4.79 Å². The Hall–Kier alpha value is -2.72. The number of tetrazole rings is 1. The van der Waals surface area contributed by atoms with Crippen molar-refractivity contribution in [3.63, 3.8) is 0 Å². The van der Waals surface area contributed by atoms with Crippen LogP contribution in [-0.4, -0.2) is 48.1 Å². The molecule has 0 saturated carbocycles. The number of nitrogens with zero attached hydrogens (tertiary/aromatic N) is 5. The standard InChI is InChI=1S/C19H21N7OS2/c1-11-12(2)29-19(26-10-20-24-25-26)16(11)18(27)23-15(8-9-28-3)17-21-13-6-4-5-7-14(13)22-17/h4-7,10,15H,8-9H2,1-3H3,(H,21,22)(H,23,27)/t15-/m0/s1. The molecule has 8 nitrogen and oxygen atoms in total. The maximum Gasteiger partial charge on any atom is 0.255 e. The number of nitrogens with one attached hydrogen (secondary N) is 2. The molecule has 3 aromatic heterocycles. The summed E-state index contributed by atoms with van der Waals surface area (Å²) < 4.78 is 1.54. The molecule has 10 heteroatoms. The molecule has 1 atom stereocenters. The number of carbonyl (C=O) groups excluding carboxylic acids is 1. The molecule has 0 radical (unpaired) electrons. The van der Waals surface area contributed by atoms with Gasteiger partial charge in [-0.15, -0.1) is 16.4 Å². The van der Waals surface area contributed by atoms with E-state index in [1.54, 1.807) is 11.8 Å². The van der Waals surface area contributed by atoms with Crippen molar-refractivity contribution < 1.29 is 4.79 Å². The van der Waals surface area contributed by atoms with Gasteiger partial charge in [-0.1, -0.05) is 12.1 Å². The molecule has 0 unspecified atom stereocenters. The van der Waals surface area contributed by atoms with Gasteiger partial charge < -0.3 is 10.3 Å². The van der Waals surface area contributed by atoms with E-state index in [4.69, 9.17) is 4.98 Å². The van der Waals surface area contributed by atoms with Crippen LogP contribution in [-0.2, 0) is 0 Å². The van der Waals surface area contributed by atoms with Crippen LogP contribution in [0.3, 0.4) is 0 Å². The van der Waals surface area contributed by atoms with Crippen molar-refractivity contribution >= 4 is 40.0 Å². The summed E-state index contributed by atoms with van der Waals surface area (Å²) in [5, 5.41) is 15.3. The summed E-state index contributed by atoms with van der Waals surface area (Å²) in [5.41, 5.74) is 3.39. The third kappa shape index (κ3) is 3.90. The van der Waals surface area contributed by atoms with Crippen molar-refractivity contribution in [3.8, 4) is 5.00 Å². The predicted molar refractivity (Wildman–Crippen MR) is 116 cm³/mol. The molecule has 0 bridgehead atoms. The van der Waals surface area contributed by atoms with Crippen molar-refractivity contribution in [2.24, 2.45) is 0 Å². The Bertz CT molecular complexity index is 1100. The van der Waals surface area contributed by atoms with Crippen LogP contribution in [0, 0.1) is 13.8 Å². The predicted octanol–water partition coefficient (Wildman–Crippen LogP) is 3.44. The van der Waals surface area contributed by atoms with Gasteiger partial charge in [-0.2, -0.15) is 16.4 Å². The van der Waals surface area contributed by atoms with Crippen molar-refractivity contribution in [1.82, 2.24) is 35.5 Å². The van der Waals surface area contributed by atoms with Crippen LogP contribution in [0.25, 0.3) is 16.0 Å². The lowest BCUT2D eigenvalue weighted by molar-refractivity contribution is 0.0934. The van der Waals surface area contributed by atoms with Crippen LogP contribution in [0.5, 0.6) is 0 Å². The van der Waals surface area contributed by atoms with Crippen LogP contribution >= 0.6 is 23.1 Å². The number of hydrogen-bond acceptors (Lipinski definition) is 7. The summed E-state index contributed by atoms with van der Waals surface area (Å²) in [6.45, 7) is 3.95. The van der Waals surface area contributed by atoms with E-state index < -0.39 is 0 Å². The number of hydrogen-bond donors (Lipinski definition) is 2. The number of benzene rings is 1. The molecule has 0 aliphatic carbocycles. The lowest BCUT2D eigenvalue weighted by Crippen LogP contribution is -2.30. The van der Waals surface area contributed by atoms with Crippen molar-refractivity contribution in [2.75, 3.05) is 12.0 Å². The van der Waals surface area contributed by atoms with Crippen molar-refractivity contribution in [3.05, 3.63) is 52.4 Å². The van der Waals surface area contributed by atoms with Crippen molar-refractivity contribution in [1.29, 1.82) is 0 Å². The number of fused-ring (bicyclic) bond motifs is 1. The van der Waals surface area contributed by atoms with Crippen molar-refractivity contribution in [2.45, 2.75) is 26.3 Å². The lowest BCUT2D eigenvalue weighted by Gasteiger charge is -2.17. The molecule has 0 spiro atoms. The monoisotopic (exact) mass is 427 g/mol. The zero-order chi connectivity index (χ0) is 20.4. The number of thioether (sulfide) groups is 1. The first-order chi connectivity index (χ1) is 14.1.